The average molecular weight is 327 g/mol. The molecule has 1 heterocycles. The Labute approximate surface area is 128 Å². The predicted molar refractivity (Wildman–Crippen MR) is 77.2 cm³/mol. The van der Waals surface area contributed by atoms with Crippen LogP contribution in [0.5, 0.6) is 0 Å². The van der Waals surface area contributed by atoms with Crippen LogP contribution in [0.25, 0.3) is 0 Å². The van der Waals surface area contributed by atoms with Crippen molar-refractivity contribution in [2.75, 3.05) is 26.7 Å². The molecule has 0 aliphatic carbocycles. The third kappa shape index (κ3) is 3.43. The molecule has 9 heteroatoms. The molecule has 0 spiro atoms. The quantitative estimate of drug-likeness (QED) is 0.683. The number of hydrogen-bond acceptors (Lipinski definition) is 5. The summed E-state index contributed by atoms with van der Waals surface area (Å²) in [5.74, 6) is -1.63. The molecule has 0 unspecified atom stereocenters. The highest BCUT2D eigenvalue weighted by Crippen LogP contribution is 2.21. The summed E-state index contributed by atoms with van der Waals surface area (Å²) in [6.07, 6.45) is -0.834. The minimum absolute atomic E-state index is 0.0989. The number of rotatable bonds is 4. The minimum atomic E-state index is -3.71. The first-order valence-corrected chi connectivity index (χ1v) is 8.09. The Morgan fingerprint density at radius 1 is 1.27 bits per heavy atom. The Kier molecular flexibility index (Phi) is 5.11. The molecule has 2 rings (SSSR count). The predicted octanol–water partition coefficient (Wildman–Crippen LogP) is -1.10. The lowest BCUT2D eigenvalue weighted by molar-refractivity contribution is -0.139. The smallest absolute Gasteiger partial charge is 0.309 e. The van der Waals surface area contributed by atoms with Gasteiger partial charge in [0.15, 0.2) is 0 Å². The number of hydrogen-bond donors (Lipinski definition) is 2. The van der Waals surface area contributed by atoms with E-state index in [9.17, 15) is 18.0 Å². The topological polar surface area (TPSA) is 105 Å². The highest BCUT2D eigenvalue weighted by molar-refractivity contribution is 7.89. The van der Waals surface area contributed by atoms with E-state index >= 15 is 0 Å². The van der Waals surface area contributed by atoms with Gasteiger partial charge in [0.05, 0.1) is 18.0 Å². The van der Waals surface area contributed by atoms with E-state index in [-0.39, 0.29) is 24.6 Å². The minimum Gasteiger partial charge on any atom is -0.359 e. The highest BCUT2D eigenvalue weighted by Gasteiger charge is 2.36. The van der Waals surface area contributed by atoms with Crippen molar-refractivity contribution in [1.82, 2.24) is 14.9 Å². The number of carbonyl (C=O) groups excluding carboxylic acids is 2. The van der Waals surface area contributed by atoms with E-state index in [0.717, 1.165) is 0 Å². The second kappa shape index (κ2) is 6.86. The van der Waals surface area contributed by atoms with Gasteiger partial charge in [0, 0.05) is 13.6 Å². The molecule has 2 N–H and O–H groups in total. The summed E-state index contributed by atoms with van der Waals surface area (Å²) in [7, 11) is -2.37. The highest BCUT2D eigenvalue weighted by atomic mass is 32.2. The lowest BCUT2D eigenvalue weighted by Gasteiger charge is -2.22. The van der Waals surface area contributed by atoms with Gasteiger partial charge in [-0.05, 0) is 12.1 Å². The van der Waals surface area contributed by atoms with Crippen LogP contribution in [0.15, 0.2) is 35.2 Å². The molecule has 22 heavy (non-hydrogen) atoms. The lowest BCUT2D eigenvalue weighted by Crippen LogP contribution is -2.46. The summed E-state index contributed by atoms with van der Waals surface area (Å²) in [6, 6.07) is 7.97. The van der Waals surface area contributed by atoms with Crippen LogP contribution >= 0.6 is 0 Å². The molecule has 1 saturated heterocycles. The van der Waals surface area contributed by atoms with E-state index in [4.69, 9.17) is 4.74 Å². The van der Waals surface area contributed by atoms with Gasteiger partial charge in [0.1, 0.15) is 6.23 Å². The maximum Gasteiger partial charge on any atom is 0.309 e. The van der Waals surface area contributed by atoms with E-state index in [2.05, 4.69) is 10.6 Å². The fourth-order valence-corrected chi connectivity index (χ4v) is 3.57. The van der Waals surface area contributed by atoms with Crippen molar-refractivity contribution in [3.63, 3.8) is 0 Å². The maximum absolute atomic E-state index is 12.5. The van der Waals surface area contributed by atoms with Crippen LogP contribution in [-0.4, -0.2) is 57.5 Å². The van der Waals surface area contributed by atoms with E-state index < -0.39 is 28.1 Å². The van der Waals surface area contributed by atoms with Crippen molar-refractivity contribution in [2.45, 2.75) is 11.1 Å². The van der Waals surface area contributed by atoms with Gasteiger partial charge in [-0.3, -0.25) is 9.59 Å². The van der Waals surface area contributed by atoms with Gasteiger partial charge in [-0.25, -0.2) is 8.42 Å². The molecule has 0 saturated carbocycles. The van der Waals surface area contributed by atoms with Crippen LogP contribution in [0.3, 0.4) is 0 Å². The molecular weight excluding hydrogens is 310 g/mol. The van der Waals surface area contributed by atoms with Crippen LogP contribution in [0.4, 0.5) is 0 Å². The van der Waals surface area contributed by atoms with E-state index in [1.165, 1.54) is 23.5 Å². The van der Waals surface area contributed by atoms with Crippen molar-refractivity contribution >= 4 is 21.8 Å². The van der Waals surface area contributed by atoms with Gasteiger partial charge >= 0.3 is 11.8 Å². The number of sulfonamides is 1. The Balaban J connectivity index is 2.08. The van der Waals surface area contributed by atoms with Crippen molar-refractivity contribution in [2.24, 2.45) is 0 Å². The number of carbonyl (C=O) groups is 2. The fraction of sp³-hybridized carbons (Fsp3) is 0.385. The third-order valence-electron chi connectivity index (χ3n) is 3.16. The van der Waals surface area contributed by atoms with Gasteiger partial charge in [0.25, 0.3) is 0 Å². The molecule has 2 amide bonds. The number of likely N-dealkylation sites (N-methyl/N-ethyl adjacent to an activating group) is 1. The first kappa shape index (κ1) is 16.4. The standard InChI is InChI=1S/C13H17N3O5S/c1-14-12(17)13(18)15-9-11-16(7-8-21-11)22(19,20)10-5-3-2-4-6-10/h2-6,11H,7-9H2,1H3,(H,14,17)(H,15,18)/t11-/m0/s1. The Morgan fingerprint density at radius 2 is 1.95 bits per heavy atom. The maximum atomic E-state index is 12.5. The van der Waals surface area contributed by atoms with Crippen LogP contribution in [-0.2, 0) is 24.3 Å². The number of ether oxygens (including phenoxy) is 1. The van der Waals surface area contributed by atoms with Gasteiger partial charge in [-0.15, -0.1) is 0 Å². The number of nitrogens with zero attached hydrogens (tertiary/aromatic N) is 1. The summed E-state index contributed by atoms with van der Waals surface area (Å²) in [6.45, 7) is 0.322. The van der Waals surface area contributed by atoms with E-state index in [1.807, 2.05) is 0 Å². The molecule has 8 nitrogen and oxygen atoms in total. The monoisotopic (exact) mass is 327 g/mol. The van der Waals surface area contributed by atoms with E-state index in [1.54, 1.807) is 18.2 Å². The molecule has 1 atom stereocenters. The summed E-state index contributed by atoms with van der Waals surface area (Å²) in [5, 5.41) is 4.53. The van der Waals surface area contributed by atoms with Crippen LogP contribution < -0.4 is 10.6 Å². The number of benzene rings is 1. The first-order valence-electron chi connectivity index (χ1n) is 6.65. The van der Waals surface area contributed by atoms with Crippen molar-refractivity contribution < 1.29 is 22.7 Å². The molecule has 120 valence electrons. The second-order valence-corrected chi connectivity index (χ2v) is 6.43. The Morgan fingerprint density at radius 3 is 2.59 bits per heavy atom. The molecular formula is C13H17N3O5S. The van der Waals surface area contributed by atoms with Crippen molar-refractivity contribution in [3.8, 4) is 0 Å². The summed E-state index contributed by atoms with van der Waals surface area (Å²) < 4.78 is 31.6. The van der Waals surface area contributed by atoms with Gasteiger partial charge < -0.3 is 15.4 Å². The van der Waals surface area contributed by atoms with Gasteiger partial charge in [0.2, 0.25) is 10.0 Å². The third-order valence-corrected chi connectivity index (χ3v) is 5.07. The molecule has 1 aliphatic rings. The first-order chi connectivity index (χ1) is 10.5. The number of amides is 2. The van der Waals surface area contributed by atoms with E-state index in [0.29, 0.717) is 0 Å². The van der Waals surface area contributed by atoms with Crippen LogP contribution in [0.2, 0.25) is 0 Å². The Hall–Kier alpha value is -1.97. The van der Waals surface area contributed by atoms with Crippen LogP contribution in [0.1, 0.15) is 0 Å². The SMILES string of the molecule is CNC(=O)C(=O)NC[C@@H]1OCCN1S(=O)(=O)c1ccccc1. The summed E-state index contributed by atoms with van der Waals surface area (Å²) >= 11 is 0. The molecule has 1 aliphatic heterocycles. The molecule has 1 fully saturated rings. The molecule has 0 aromatic heterocycles. The molecule has 1 aromatic carbocycles. The number of nitrogens with one attached hydrogen (secondary N) is 2. The molecule has 1 aromatic rings. The summed E-state index contributed by atoms with van der Waals surface area (Å²) in [5.41, 5.74) is 0. The zero-order chi connectivity index (χ0) is 16.2. The fourth-order valence-electron chi connectivity index (χ4n) is 2.04. The zero-order valence-electron chi connectivity index (χ0n) is 12.0. The summed E-state index contributed by atoms with van der Waals surface area (Å²) in [4.78, 5) is 22.7. The molecule has 0 bridgehead atoms. The Bertz CT molecular complexity index is 647. The normalized spacial score (nSPS) is 18.9. The largest absolute Gasteiger partial charge is 0.359 e. The van der Waals surface area contributed by atoms with Gasteiger partial charge in [-0.1, -0.05) is 18.2 Å². The zero-order valence-corrected chi connectivity index (χ0v) is 12.8. The second-order valence-electron chi connectivity index (χ2n) is 4.54. The van der Waals surface area contributed by atoms with Crippen LogP contribution in [0, 0.1) is 0 Å². The lowest BCUT2D eigenvalue weighted by atomic mass is 10.4. The van der Waals surface area contributed by atoms with Crippen molar-refractivity contribution in [1.29, 1.82) is 0 Å². The van der Waals surface area contributed by atoms with Crippen molar-refractivity contribution in [3.05, 3.63) is 30.3 Å². The molecule has 0 radical (unpaired) electrons. The average Bonchev–Trinajstić information content (AvgIpc) is 3.02. The van der Waals surface area contributed by atoms with Gasteiger partial charge in [-0.2, -0.15) is 4.31 Å².